The van der Waals surface area contributed by atoms with Crippen LogP contribution in [0.3, 0.4) is 0 Å². The number of hydrogen-bond donors (Lipinski definition) is 2. The number of benzene rings is 1. The Morgan fingerprint density at radius 3 is 2.65 bits per heavy atom. The normalized spacial score (nSPS) is 10.2. The molecule has 0 atom stereocenters. The fourth-order valence-electron chi connectivity index (χ4n) is 1.38. The van der Waals surface area contributed by atoms with Gasteiger partial charge in [-0.1, -0.05) is 42.3 Å². The van der Waals surface area contributed by atoms with Crippen LogP contribution in [0.25, 0.3) is 0 Å². The van der Waals surface area contributed by atoms with Crippen LogP contribution in [0, 0.1) is 11.8 Å². The summed E-state index contributed by atoms with van der Waals surface area (Å²) in [5, 5.41) is 2.56. The van der Waals surface area contributed by atoms with E-state index in [0.29, 0.717) is 4.99 Å². The maximum atomic E-state index is 11.4. The number of nitrogens with one attached hydrogen (secondary N) is 1. The van der Waals surface area contributed by atoms with Crippen molar-refractivity contribution in [2.75, 3.05) is 6.54 Å². The van der Waals surface area contributed by atoms with Crippen LogP contribution >= 0.6 is 12.2 Å². The highest BCUT2D eigenvalue weighted by atomic mass is 32.1. The highest BCUT2D eigenvalue weighted by Gasteiger charge is 2.14. The van der Waals surface area contributed by atoms with Crippen molar-refractivity contribution in [1.82, 2.24) is 5.32 Å². The first-order valence-corrected chi connectivity index (χ1v) is 6.55. The molecular formula is C15H18N2O2S. The average Bonchev–Trinajstić information content (AvgIpc) is 2.33. The second-order valence-electron chi connectivity index (χ2n) is 5.07. The molecule has 106 valence electrons. The summed E-state index contributed by atoms with van der Waals surface area (Å²) in [5.74, 6) is 5.76. The Kier molecular flexibility index (Phi) is 5.53. The third-order valence-corrected chi connectivity index (χ3v) is 2.36. The third kappa shape index (κ3) is 5.72. The Balaban J connectivity index is 2.60. The summed E-state index contributed by atoms with van der Waals surface area (Å²) in [7, 11) is 0. The van der Waals surface area contributed by atoms with Crippen molar-refractivity contribution in [3.8, 4) is 11.8 Å². The highest BCUT2D eigenvalue weighted by molar-refractivity contribution is 7.80. The lowest BCUT2D eigenvalue weighted by atomic mass is 10.1. The van der Waals surface area contributed by atoms with Gasteiger partial charge in [-0.05, 0) is 26.8 Å². The molecule has 0 saturated carbocycles. The molecule has 0 spiro atoms. The van der Waals surface area contributed by atoms with Crippen molar-refractivity contribution in [1.29, 1.82) is 0 Å². The van der Waals surface area contributed by atoms with Crippen LogP contribution in [-0.4, -0.2) is 23.2 Å². The number of amides is 1. The zero-order valence-corrected chi connectivity index (χ0v) is 12.6. The van der Waals surface area contributed by atoms with Crippen molar-refractivity contribution in [3.05, 3.63) is 35.4 Å². The van der Waals surface area contributed by atoms with Crippen LogP contribution in [-0.2, 0) is 4.74 Å². The molecular weight excluding hydrogens is 272 g/mol. The van der Waals surface area contributed by atoms with E-state index in [-0.39, 0.29) is 6.54 Å². The summed E-state index contributed by atoms with van der Waals surface area (Å²) in [6, 6.07) is 7.34. The molecule has 0 unspecified atom stereocenters. The summed E-state index contributed by atoms with van der Waals surface area (Å²) < 4.78 is 5.09. The highest BCUT2D eigenvalue weighted by Crippen LogP contribution is 2.07. The van der Waals surface area contributed by atoms with Crippen LogP contribution in [0.2, 0.25) is 0 Å². The van der Waals surface area contributed by atoms with Gasteiger partial charge < -0.3 is 15.8 Å². The van der Waals surface area contributed by atoms with Crippen molar-refractivity contribution in [3.63, 3.8) is 0 Å². The monoisotopic (exact) mass is 290 g/mol. The lowest BCUT2D eigenvalue weighted by molar-refractivity contribution is 0.0535. The molecule has 0 fully saturated rings. The number of thiocarbonyl (C=S) groups is 1. The number of hydrogen-bond acceptors (Lipinski definition) is 3. The smallest absolute Gasteiger partial charge is 0.408 e. The van der Waals surface area contributed by atoms with Gasteiger partial charge >= 0.3 is 6.09 Å². The first kappa shape index (κ1) is 16.0. The van der Waals surface area contributed by atoms with Crippen molar-refractivity contribution in [2.24, 2.45) is 5.73 Å². The second-order valence-corrected chi connectivity index (χ2v) is 5.51. The number of nitrogens with two attached hydrogens (primary N) is 1. The number of alkyl carbamates (subject to hydrolysis) is 1. The molecule has 1 aromatic rings. The van der Waals surface area contributed by atoms with E-state index in [1.165, 1.54) is 0 Å². The van der Waals surface area contributed by atoms with Crippen LogP contribution in [0.1, 0.15) is 31.9 Å². The molecule has 1 amide bonds. The molecule has 5 heteroatoms. The molecule has 0 heterocycles. The molecule has 0 radical (unpaired) electrons. The summed E-state index contributed by atoms with van der Waals surface area (Å²) in [6.45, 7) is 5.60. The fraction of sp³-hybridized carbons (Fsp3) is 0.333. The van der Waals surface area contributed by atoms with Gasteiger partial charge in [0.15, 0.2) is 0 Å². The zero-order chi connectivity index (χ0) is 15.2. The molecule has 0 saturated heterocycles. The van der Waals surface area contributed by atoms with E-state index in [0.717, 1.165) is 11.1 Å². The van der Waals surface area contributed by atoms with Gasteiger partial charge in [-0.2, -0.15) is 0 Å². The summed E-state index contributed by atoms with van der Waals surface area (Å²) >= 11 is 4.95. The molecule has 0 aliphatic heterocycles. The molecule has 0 aliphatic carbocycles. The van der Waals surface area contributed by atoms with E-state index in [1.807, 2.05) is 24.3 Å². The lowest BCUT2D eigenvalue weighted by Crippen LogP contribution is -2.32. The second kappa shape index (κ2) is 6.92. The van der Waals surface area contributed by atoms with Gasteiger partial charge in [-0.15, -0.1) is 0 Å². The molecule has 1 rings (SSSR count). The number of carbonyl (C=O) groups is 1. The molecule has 20 heavy (non-hydrogen) atoms. The van der Waals surface area contributed by atoms with Gasteiger partial charge in [0, 0.05) is 11.1 Å². The first-order valence-electron chi connectivity index (χ1n) is 6.14. The minimum Gasteiger partial charge on any atom is -0.444 e. The number of ether oxygens (including phenoxy) is 1. The van der Waals surface area contributed by atoms with Gasteiger partial charge in [0.05, 0.1) is 6.54 Å². The molecule has 3 N–H and O–H groups in total. The van der Waals surface area contributed by atoms with Crippen LogP contribution in [0.15, 0.2) is 24.3 Å². The lowest BCUT2D eigenvalue weighted by Gasteiger charge is -2.19. The van der Waals surface area contributed by atoms with Gasteiger partial charge in [0.1, 0.15) is 10.6 Å². The van der Waals surface area contributed by atoms with Crippen molar-refractivity contribution in [2.45, 2.75) is 26.4 Å². The van der Waals surface area contributed by atoms with Crippen molar-refractivity contribution >= 4 is 23.3 Å². The Bertz CT molecular complexity index is 565. The third-order valence-electron chi connectivity index (χ3n) is 2.14. The van der Waals surface area contributed by atoms with Gasteiger partial charge in [-0.3, -0.25) is 0 Å². The Morgan fingerprint density at radius 2 is 2.05 bits per heavy atom. The van der Waals surface area contributed by atoms with E-state index in [2.05, 4.69) is 17.2 Å². The number of carbonyl (C=O) groups excluding carboxylic acids is 1. The van der Waals surface area contributed by atoms with Crippen LogP contribution in [0.4, 0.5) is 4.79 Å². The van der Waals surface area contributed by atoms with E-state index in [4.69, 9.17) is 22.7 Å². The van der Waals surface area contributed by atoms with Crippen molar-refractivity contribution < 1.29 is 9.53 Å². The standard InChI is InChI=1S/C15H18N2O2S/c1-15(2,3)19-14(18)17-10-6-8-11-7-4-5-9-12(11)13(16)20/h4-5,7,9H,10H2,1-3H3,(H2,16,20)(H,17,18). The molecule has 0 bridgehead atoms. The largest absolute Gasteiger partial charge is 0.444 e. The van der Waals surface area contributed by atoms with Gasteiger partial charge in [-0.25, -0.2) is 4.79 Å². The molecule has 1 aromatic carbocycles. The summed E-state index contributed by atoms with van der Waals surface area (Å²) in [5.41, 5.74) is 6.56. The molecule has 0 aromatic heterocycles. The molecule has 4 nitrogen and oxygen atoms in total. The van der Waals surface area contributed by atoms with Crippen LogP contribution < -0.4 is 11.1 Å². The maximum absolute atomic E-state index is 11.4. The SMILES string of the molecule is CC(C)(C)OC(=O)NCC#Cc1ccccc1C(N)=S. The Labute approximate surface area is 124 Å². The predicted molar refractivity (Wildman–Crippen MR) is 83.4 cm³/mol. The predicted octanol–water partition coefficient (Wildman–Crippen LogP) is 2.20. The zero-order valence-electron chi connectivity index (χ0n) is 11.8. The van der Waals surface area contributed by atoms with Gasteiger partial charge in [0.2, 0.25) is 0 Å². The van der Waals surface area contributed by atoms with Crippen LogP contribution in [0.5, 0.6) is 0 Å². The van der Waals surface area contributed by atoms with E-state index >= 15 is 0 Å². The summed E-state index contributed by atoms with van der Waals surface area (Å²) in [6.07, 6.45) is -0.491. The Hall–Kier alpha value is -2.06. The maximum Gasteiger partial charge on any atom is 0.408 e. The average molecular weight is 290 g/mol. The number of rotatable bonds is 2. The first-order chi connectivity index (χ1) is 9.29. The molecule has 0 aliphatic rings. The topological polar surface area (TPSA) is 64.3 Å². The van der Waals surface area contributed by atoms with E-state index in [1.54, 1.807) is 20.8 Å². The van der Waals surface area contributed by atoms with E-state index in [9.17, 15) is 4.79 Å². The minimum atomic E-state index is -0.518. The fourth-order valence-corrected chi connectivity index (χ4v) is 1.55. The quantitative estimate of drug-likeness (QED) is 0.647. The minimum absolute atomic E-state index is 0.195. The Morgan fingerprint density at radius 1 is 1.40 bits per heavy atom. The van der Waals surface area contributed by atoms with E-state index < -0.39 is 11.7 Å². The van der Waals surface area contributed by atoms with Gasteiger partial charge in [0.25, 0.3) is 0 Å². The summed E-state index contributed by atoms with van der Waals surface area (Å²) in [4.78, 5) is 11.7.